The van der Waals surface area contributed by atoms with E-state index in [-0.39, 0.29) is 23.7 Å². The number of rotatable bonds is 7. The zero-order valence-electron chi connectivity index (χ0n) is 21.7. The number of benzene rings is 2. The number of amides is 1. The molecule has 35 heavy (non-hydrogen) atoms. The average Bonchev–Trinajstić information content (AvgIpc) is 3.08. The summed E-state index contributed by atoms with van der Waals surface area (Å²) in [5.74, 6) is 1.44. The van der Waals surface area contributed by atoms with Crippen molar-refractivity contribution in [3.63, 3.8) is 0 Å². The molecule has 0 saturated carbocycles. The number of ether oxygens (including phenoxy) is 2. The SMILES string of the molecule is CCCCOc1ccc(-c2cc3c(cc2C)[C@H](NC(=O)O[C@H]2CN4CCC2CC4)C(C)(C)C3)cc1. The molecule has 1 aliphatic carbocycles. The van der Waals surface area contributed by atoms with Crippen LogP contribution in [0.1, 0.15) is 69.2 Å². The topological polar surface area (TPSA) is 50.8 Å². The molecule has 188 valence electrons. The van der Waals surface area contributed by atoms with E-state index in [9.17, 15) is 4.79 Å². The van der Waals surface area contributed by atoms with Crippen LogP contribution in [0.2, 0.25) is 0 Å². The third-order valence-corrected chi connectivity index (χ3v) is 8.27. The molecule has 6 rings (SSSR count). The molecule has 0 spiro atoms. The van der Waals surface area contributed by atoms with Crippen LogP contribution >= 0.6 is 0 Å². The van der Waals surface area contributed by atoms with Gasteiger partial charge in [0.15, 0.2) is 0 Å². The Labute approximate surface area is 210 Å². The van der Waals surface area contributed by atoms with Crippen molar-refractivity contribution in [1.29, 1.82) is 0 Å². The molecule has 2 aromatic carbocycles. The Kier molecular flexibility index (Phi) is 6.80. The number of piperidine rings is 3. The summed E-state index contributed by atoms with van der Waals surface area (Å²) >= 11 is 0. The van der Waals surface area contributed by atoms with Crippen molar-refractivity contribution in [2.75, 3.05) is 26.2 Å². The van der Waals surface area contributed by atoms with Crippen molar-refractivity contribution in [2.24, 2.45) is 11.3 Å². The molecular formula is C30H40N2O3. The highest BCUT2D eigenvalue weighted by atomic mass is 16.6. The summed E-state index contributed by atoms with van der Waals surface area (Å²) in [6, 6.07) is 13.0. The van der Waals surface area contributed by atoms with Crippen LogP contribution in [0.15, 0.2) is 36.4 Å². The van der Waals surface area contributed by atoms with Crippen LogP contribution in [0.3, 0.4) is 0 Å². The van der Waals surface area contributed by atoms with Crippen LogP contribution in [0, 0.1) is 18.3 Å². The van der Waals surface area contributed by atoms with Gasteiger partial charge in [-0.25, -0.2) is 4.79 Å². The number of carbonyl (C=O) groups is 1. The number of unbranched alkanes of at least 4 members (excludes halogenated alkanes) is 1. The molecule has 0 aromatic heterocycles. The minimum absolute atomic E-state index is 0.0273. The van der Waals surface area contributed by atoms with E-state index in [1.54, 1.807) is 0 Å². The van der Waals surface area contributed by atoms with Gasteiger partial charge in [-0.15, -0.1) is 0 Å². The number of nitrogens with one attached hydrogen (secondary N) is 1. The van der Waals surface area contributed by atoms with E-state index in [4.69, 9.17) is 9.47 Å². The molecule has 2 bridgehead atoms. The van der Waals surface area contributed by atoms with Crippen molar-refractivity contribution in [1.82, 2.24) is 10.2 Å². The molecule has 0 radical (unpaired) electrons. The predicted octanol–water partition coefficient (Wildman–Crippen LogP) is 6.28. The molecule has 1 amide bonds. The van der Waals surface area contributed by atoms with Crippen LogP contribution < -0.4 is 10.1 Å². The van der Waals surface area contributed by atoms with E-state index >= 15 is 0 Å². The van der Waals surface area contributed by atoms with Crippen molar-refractivity contribution < 1.29 is 14.3 Å². The lowest BCUT2D eigenvalue weighted by atomic mass is 9.85. The van der Waals surface area contributed by atoms with Gasteiger partial charge in [-0.3, -0.25) is 4.90 Å². The average molecular weight is 477 g/mol. The van der Waals surface area contributed by atoms with E-state index in [0.29, 0.717) is 5.92 Å². The molecule has 3 fully saturated rings. The van der Waals surface area contributed by atoms with Crippen LogP contribution in [0.4, 0.5) is 4.79 Å². The maximum Gasteiger partial charge on any atom is 0.407 e. The monoisotopic (exact) mass is 476 g/mol. The smallest absolute Gasteiger partial charge is 0.407 e. The van der Waals surface area contributed by atoms with Crippen molar-refractivity contribution >= 4 is 6.09 Å². The molecule has 2 atom stereocenters. The summed E-state index contributed by atoms with van der Waals surface area (Å²) in [4.78, 5) is 15.4. The fraction of sp³-hybridized carbons (Fsp3) is 0.567. The first-order chi connectivity index (χ1) is 16.8. The van der Waals surface area contributed by atoms with Gasteiger partial charge in [0.25, 0.3) is 0 Å². The summed E-state index contributed by atoms with van der Waals surface area (Å²) in [7, 11) is 0. The normalized spacial score (nSPS) is 26.3. The Morgan fingerprint density at radius 2 is 1.89 bits per heavy atom. The second-order valence-electron chi connectivity index (χ2n) is 11.4. The molecule has 4 aliphatic rings. The van der Waals surface area contributed by atoms with Crippen LogP contribution in [-0.4, -0.2) is 43.3 Å². The highest BCUT2D eigenvalue weighted by Gasteiger charge is 2.42. The van der Waals surface area contributed by atoms with Crippen LogP contribution in [0.25, 0.3) is 11.1 Å². The Bertz CT molecular complexity index is 1050. The second kappa shape index (κ2) is 9.85. The van der Waals surface area contributed by atoms with Crippen LogP contribution in [0.5, 0.6) is 5.75 Å². The lowest BCUT2D eigenvalue weighted by Crippen LogP contribution is -2.53. The number of nitrogens with zero attached hydrogens (tertiary/aromatic N) is 1. The molecule has 0 unspecified atom stereocenters. The Hall–Kier alpha value is -2.53. The van der Waals surface area contributed by atoms with E-state index in [1.165, 1.54) is 27.8 Å². The highest BCUT2D eigenvalue weighted by Crippen LogP contribution is 2.47. The van der Waals surface area contributed by atoms with Gasteiger partial charge in [0.1, 0.15) is 11.9 Å². The first kappa shape index (κ1) is 24.2. The fourth-order valence-electron chi connectivity index (χ4n) is 6.19. The largest absolute Gasteiger partial charge is 0.494 e. The Morgan fingerprint density at radius 1 is 1.14 bits per heavy atom. The first-order valence-corrected chi connectivity index (χ1v) is 13.4. The van der Waals surface area contributed by atoms with E-state index in [2.05, 4.69) is 74.3 Å². The van der Waals surface area contributed by atoms with Crippen molar-refractivity contribution in [3.8, 4) is 16.9 Å². The summed E-state index contributed by atoms with van der Waals surface area (Å²) in [5.41, 5.74) is 6.13. The van der Waals surface area contributed by atoms with E-state index in [1.807, 2.05) is 0 Å². The Morgan fingerprint density at radius 3 is 2.54 bits per heavy atom. The summed E-state index contributed by atoms with van der Waals surface area (Å²) in [6.45, 7) is 12.7. The minimum Gasteiger partial charge on any atom is -0.494 e. The number of aryl methyl sites for hydroxylation is 1. The van der Waals surface area contributed by atoms with Crippen molar-refractivity contribution in [2.45, 2.75) is 71.9 Å². The zero-order valence-corrected chi connectivity index (χ0v) is 21.7. The lowest BCUT2D eigenvalue weighted by molar-refractivity contribution is -0.0348. The molecule has 5 nitrogen and oxygen atoms in total. The molecule has 2 aromatic rings. The molecule has 1 N–H and O–H groups in total. The molecular weight excluding hydrogens is 436 g/mol. The summed E-state index contributed by atoms with van der Waals surface area (Å²) in [6.07, 6.45) is 5.18. The van der Waals surface area contributed by atoms with E-state index in [0.717, 1.165) is 64.1 Å². The zero-order chi connectivity index (χ0) is 24.6. The molecule has 3 saturated heterocycles. The third kappa shape index (κ3) is 5.06. The standard InChI is InChI=1S/C30H40N2O3/c1-5-6-15-34-24-9-7-21(8-10-24)25-17-23-18-30(3,4)28(26(23)16-20(25)2)31-29(33)35-27-19-32-13-11-22(27)12-14-32/h7-10,16-17,22,27-28H,5-6,11-15,18-19H2,1-4H3,(H,31,33)/t27-,28-/m0/s1. The minimum atomic E-state index is -0.268. The van der Waals surface area contributed by atoms with Crippen molar-refractivity contribution in [3.05, 3.63) is 53.1 Å². The van der Waals surface area contributed by atoms with Gasteiger partial charge < -0.3 is 14.8 Å². The quantitative estimate of drug-likeness (QED) is 0.478. The second-order valence-corrected chi connectivity index (χ2v) is 11.4. The van der Waals surface area contributed by atoms with Gasteiger partial charge in [0.2, 0.25) is 0 Å². The fourth-order valence-corrected chi connectivity index (χ4v) is 6.19. The highest BCUT2D eigenvalue weighted by molar-refractivity contribution is 5.72. The van der Waals surface area contributed by atoms with Crippen LogP contribution in [-0.2, 0) is 11.2 Å². The predicted molar refractivity (Wildman–Crippen MR) is 140 cm³/mol. The van der Waals surface area contributed by atoms with Gasteiger partial charge in [0.05, 0.1) is 12.6 Å². The van der Waals surface area contributed by atoms with Gasteiger partial charge in [-0.2, -0.15) is 0 Å². The van der Waals surface area contributed by atoms with Gasteiger partial charge in [-0.05, 0) is 97.0 Å². The molecule has 5 heteroatoms. The molecule has 3 aliphatic heterocycles. The third-order valence-electron chi connectivity index (χ3n) is 8.27. The number of hydrogen-bond donors (Lipinski definition) is 1. The van der Waals surface area contributed by atoms with E-state index < -0.39 is 0 Å². The maximum atomic E-state index is 13.0. The Balaban J connectivity index is 1.30. The number of fused-ring (bicyclic) bond motifs is 4. The number of carbonyl (C=O) groups excluding carboxylic acids is 1. The molecule has 3 heterocycles. The van der Waals surface area contributed by atoms with Gasteiger partial charge in [-0.1, -0.05) is 51.5 Å². The number of hydrogen-bond acceptors (Lipinski definition) is 4. The maximum absolute atomic E-state index is 13.0. The summed E-state index contributed by atoms with van der Waals surface area (Å²) in [5, 5.41) is 3.25. The first-order valence-electron chi connectivity index (χ1n) is 13.4. The summed E-state index contributed by atoms with van der Waals surface area (Å²) < 4.78 is 11.8. The number of alkyl carbamates (subject to hydrolysis) is 1. The van der Waals surface area contributed by atoms with Gasteiger partial charge in [0, 0.05) is 6.54 Å². The lowest BCUT2D eigenvalue weighted by Gasteiger charge is -2.44. The van der Waals surface area contributed by atoms with Gasteiger partial charge >= 0.3 is 6.09 Å².